The van der Waals surface area contributed by atoms with E-state index in [0.717, 1.165) is 6.42 Å². The molecule has 0 atom stereocenters. The van der Waals surface area contributed by atoms with Crippen LogP contribution in [-0.4, -0.2) is 0 Å². The Balaban J connectivity index is 3.36. The molecule has 0 bridgehead atoms. The van der Waals surface area contributed by atoms with E-state index in [1.54, 1.807) is 0 Å². The predicted molar refractivity (Wildman–Crippen MR) is 34.2 cm³/mol. The summed E-state index contributed by atoms with van der Waals surface area (Å²) >= 11 is 0. The molecule has 0 rings (SSSR count). The third-order valence-corrected chi connectivity index (χ3v) is 0.959. The minimum absolute atomic E-state index is 1.02. The largest absolute Gasteiger partial charge is 0.103 e. The van der Waals surface area contributed by atoms with Gasteiger partial charge in [0.05, 0.1) is 0 Å². The molecule has 7 heavy (non-hydrogen) atoms. The van der Waals surface area contributed by atoms with Gasteiger partial charge in [-0.05, 0) is 20.3 Å². The van der Waals surface area contributed by atoms with Crippen molar-refractivity contribution in [2.24, 2.45) is 0 Å². The molecule has 0 aliphatic carbocycles. The fourth-order valence-electron chi connectivity index (χ4n) is 0.346. The number of rotatable bonds is 2. The Hall–Kier alpha value is -0.520. The summed E-state index contributed by atoms with van der Waals surface area (Å²) in [6, 6.07) is 0. The van der Waals surface area contributed by atoms with E-state index in [2.05, 4.69) is 19.6 Å². The molecule has 0 amide bonds. The molecule has 0 heterocycles. The lowest BCUT2D eigenvalue weighted by molar-refractivity contribution is 1.20. The highest BCUT2D eigenvalue weighted by atomic mass is 13.8. The quantitative estimate of drug-likeness (QED) is 0.463. The van der Waals surface area contributed by atoms with E-state index in [1.807, 2.05) is 13.0 Å². The van der Waals surface area contributed by atoms with Crippen LogP contribution in [0.4, 0.5) is 0 Å². The summed E-state index contributed by atoms with van der Waals surface area (Å²) in [7, 11) is 0. The lowest BCUT2D eigenvalue weighted by Gasteiger charge is -1.87. The van der Waals surface area contributed by atoms with Crippen molar-refractivity contribution in [2.45, 2.75) is 20.3 Å². The lowest BCUT2D eigenvalue weighted by atomic mass is 10.2. The zero-order valence-corrected chi connectivity index (χ0v) is 5.07. The van der Waals surface area contributed by atoms with Crippen molar-refractivity contribution in [2.75, 3.05) is 0 Å². The van der Waals surface area contributed by atoms with Crippen molar-refractivity contribution in [3.05, 3.63) is 24.3 Å². The van der Waals surface area contributed by atoms with E-state index < -0.39 is 0 Å². The van der Waals surface area contributed by atoms with E-state index in [-0.39, 0.29) is 0 Å². The smallest absolute Gasteiger partial charge is 0.0144 e. The van der Waals surface area contributed by atoms with Gasteiger partial charge in [-0.3, -0.25) is 0 Å². The summed E-state index contributed by atoms with van der Waals surface area (Å²) < 4.78 is 0. The average molecular weight is 96.2 g/mol. The molecule has 40 valence electrons. The van der Waals surface area contributed by atoms with Crippen molar-refractivity contribution >= 4 is 0 Å². The van der Waals surface area contributed by atoms with E-state index in [4.69, 9.17) is 0 Å². The maximum absolute atomic E-state index is 3.61. The fraction of sp³-hybridized carbons (Fsp3) is 0.429. The molecular formula is C7H12. The van der Waals surface area contributed by atoms with Crippen LogP contribution < -0.4 is 0 Å². The summed E-state index contributed by atoms with van der Waals surface area (Å²) in [6.45, 7) is 7.75. The van der Waals surface area contributed by atoms with Crippen LogP contribution in [0.25, 0.3) is 0 Å². The minimum atomic E-state index is 1.02. The molecular weight excluding hydrogens is 84.1 g/mol. The van der Waals surface area contributed by atoms with Crippen molar-refractivity contribution in [3.63, 3.8) is 0 Å². The van der Waals surface area contributed by atoms with Gasteiger partial charge in [-0.2, -0.15) is 0 Å². The molecule has 0 nitrogen and oxygen atoms in total. The SMILES string of the molecule is C=CCC(C)=CC. The summed E-state index contributed by atoms with van der Waals surface area (Å²) in [5, 5.41) is 0. The monoisotopic (exact) mass is 96.1 g/mol. The van der Waals surface area contributed by atoms with Gasteiger partial charge in [0.2, 0.25) is 0 Å². The highest BCUT2D eigenvalue weighted by molar-refractivity contribution is 5.00. The molecule has 0 unspecified atom stereocenters. The Morgan fingerprint density at radius 1 is 1.71 bits per heavy atom. The normalized spacial score (nSPS) is 11.4. The molecule has 0 aromatic heterocycles. The van der Waals surface area contributed by atoms with Crippen LogP contribution in [0.2, 0.25) is 0 Å². The van der Waals surface area contributed by atoms with Gasteiger partial charge < -0.3 is 0 Å². The van der Waals surface area contributed by atoms with Crippen LogP contribution in [0.15, 0.2) is 24.3 Å². The molecule has 0 saturated heterocycles. The average Bonchev–Trinajstić information content (AvgIpc) is 1.68. The third-order valence-electron chi connectivity index (χ3n) is 0.959. The zero-order chi connectivity index (χ0) is 5.70. The Bertz CT molecular complexity index is 78.0. The van der Waals surface area contributed by atoms with E-state index in [1.165, 1.54) is 5.57 Å². The van der Waals surface area contributed by atoms with E-state index in [9.17, 15) is 0 Å². The zero-order valence-electron chi connectivity index (χ0n) is 5.07. The van der Waals surface area contributed by atoms with Crippen molar-refractivity contribution in [1.29, 1.82) is 0 Å². The molecule has 0 aliphatic heterocycles. The van der Waals surface area contributed by atoms with Crippen LogP contribution >= 0.6 is 0 Å². The molecule has 0 aromatic rings. The van der Waals surface area contributed by atoms with Gasteiger partial charge in [0.25, 0.3) is 0 Å². The molecule has 0 N–H and O–H groups in total. The maximum atomic E-state index is 3.61. The molecule has 0 aliphatic rings. The van der Waals surface area contributed by atoms with Crippen LogP contribution in [-0.2, 0) is 0 Å². The number of allylic oxidation sites excluding steroid dienone is 3. The molecule has 0 fully saturated rings. The Morgan fingerprint density at radius 2 is 2.29 bits per heavy atom. The lowest BCUT2D eigenvalue weighted by Crippen LogP contribution is -1.66. The third kappa shape index (κ3) is 3.31. The highest BCUT2D eigenvalue weighted by Crippen LogP contribution is 1.96. The minimum Gasteiger partial charge on any atom is -0.103 e. The number of hydrogen-bond donors (Lipinski definition) is 0. The van der Waals surface area contributed by atoms with E-state index in [0.29, 0.717) is 0 Å². The second kappa shape index (κ2) is 3.66. The first-order valence-electron chi connectivity index (χ1n) is 2.54. The first kappa shape index (κ1) is 6.48. The second-order valence-corrected chi connectivity index (χ2v) is 1.63. The van der Waals surface area contributed by atoms with Crippen molar-refractivity contribution in [1.82, 2.24) is 0 Å². The molecule has 0 spiro atoms. The van der Waals surface area contributed by atoms with Gasteiger partial charge in [0.1, 0.15) is 0 Å². The Kier molecular flexibility index (Phi) is 3.39. The van der Waals surface area contributed by atoms with Crippen LogP contribution in [0.1, 0.15) is 20.3 Å². The predicted octanol–water partition coefficient (Wildman–Crippen LogP) is 2.53. The topological polar surface area (TPSA) is 0 Å². The summed E-state index contributed by atoms with van der Waals surface area (Å²) in [4.78, 5) is 0. The van der Waals surface area contributed by atoms with Gasteiger partial charge >= 0.3 is 0 Å². The molecule has 0 saturated carbocycles. The summed E-state index contributed by atoms with van der Waals surface area (Å²) in [5.41, 5.74) is 1.38. The summed E-state index contributed by atoms with van der Waals surface area (Å²) in [5.74, 6) is 0. The molecule has 0 aromatic carbocycles. The first-order valence-corrected chi connectivity index (χ1v) is 2.54. The molecule has 0 heteroatoms. The van der Waals surface area contributed by atoms with Crippen molar-refractivity contribution in [3.8, 4) is 0 Å². The van der Waals surface area contributed by atoms with Gasteiger partial charge in [-0.1, -0.05) is 17.7 Å². The maximum Gasteiger partial charge on any atom is -0.0144 e. The van der Waals surface area contributed by atoms with Gasteiger partial charge in [-0.15, -0.1) is 6.58 Å². The Morgan fingerprint density at radius 3 is 2.43 bits per heavy atom. The van der Waals surface area contributed by atoms with Crippen molar-refractivity contribution < 1.29 is 0 Å². The van der Waals surface area contributed by atoms with Gasteiger partial charge in [0.15, 0.2) is 0 Å². The van der Waals surface area contributed by atoms with Gasteiger partial charge in [0, 0.05) is 0 Å². The van der Waals surface area contributed by atoms with E-state index >= 15 is 0 Å². The van der Waals surface area contributed by atoms with Crippen LogP contribution in [0, 0.1) is 0 Å². The summed E-state index contributed by atoms with van der Waals surface area (Å²) in [6.07, 6.45) is 5.04. The molecule has 0 radical (unpaired) electrons. The first-order chi connectivity index (χ1) is 3.31. The fourth-order valence-corrected chi connectivity index (χ4v) is 0.346. The second-order valence-electron chi connectivity index (χ2n) is 1.63. The van der Waals surface area contributed by atoms with Crippen LogP contribution in [0.3, 0.4) is 0 Å². The van der Waals surface area contributed by atoms with Crippen LogP contribution in [0.5, 0.6) is 0 Å². The highest BCUT2D eigenvalue weighted by Gasteiger charge is 1.76. The standard InChI is InChI=1S/C7H12/c1-4-6-7(3)5-2/h4-5H,1,6H2,2-3H3. The Labute approximate surface area is 45.5 Å². The van der Waals surface area contributed by atoms with Gasteiger partial charge in [-0.25, -0.2) is 0 Å². The number of hydrogen-bond acceptors (Lipinski definition) is 0.